The van der Waals surface area contributed by atoms with E-state index >= 15 is 0 Å². The van der Waals surface area contributed by atoms with Gasteiger partial charge in [0.25, 0.3) is 0 Å². The minimum atomic E-state index is -2.99. The van der Waals surface area contributed by atoms with E-state index < -0.39 is 28.0 Å². The van der Waals surface area contributed by atoms with Gasteiger partial charge < -0.3 is 14.6 Å². The van der Waals surface area contributed by atoms with Gasteiger partial charge in [-0.1, -0.05) is 18.2 Å². The molecule has 1 aliphatic heterocycles. The summed E-state index contributed by atoms with van der Waals surface area (Å²) in [6, 6.07) is 6.47. The van der Waals surface area contributed by atoms with Gasteiger partial charge in [-0.15, -0.1) is 0 Å². The van der Waals surface area contributed by atoms with Crippen molar-refractivity contribution in [1.82, 2.24) is 0 Å². The zero-order valence-corrected chi connectivity index (χ0v) is 11.8. The lowest BCUT2D eigenvalue weighted by molar-refractivity contribution is -0.153. The average molecular weight is 300 g/mol. The van der Waals surface area contributed by atoms with E-state index in [1.165, 1.54) is 0 Å². The second-order valence-electron chi connectivity index (χ2n) is 4.51. The van der Waals surface area contributed by atoms with Crippen LogP contribution >= 0.6 is 0 Å². The van der Waals surface area contributed by atoms with Gasteiger partial charge >= 0.3 is 5.97 Å². The number of carbonyl (C=O) groups is 1. The first-order valence-electron chi connectivity index (χ1n) is 6.23. The number of hydrogen-bond acceptors (Lipinski definition) is 6. The van der Waals surface area contributed by atoms with Crippen molar-refractivity contribution in [2.45, 2.75) is 19.1 Å². The van der Waals surface area contributed by atoms with E-state index in [4.69, 9.17) is 9.47 Å². The first-order valence-corrected chi connectivity index (χ1v) is 8.06. The molecule has 110 valence electrons. The van der Waals surface area contributed by atoms with Gasteiger partial charge in [0.2, 0.25) is 0 Å². The van der Waals surface area contributed by atoms with Crippen LogP contribution in [0.15, 0.2) is 24.3 Å². The van der Waals surface area contributed by atoms with E-state index in [-0.39, 0.29) is 23.7 Å². The number of benzene rings is 1. The maximum absolute atomic E-state index is 11.5. The second-order valence-corrected chi connectivity index (χ2v) is 6.66. The Morgan fingerprint density at radius 3 is 2.65 bits per heavy atom. The highest BCUT2D eigenvalue weighted by Crippen LogP contribution is 2.28. The topological polar surface area (TPSA) is 89.9 Å². The summed E-state index contributed by atoms with van der Waals surface area (Å²) in [6.45, 7) is 1.81. The van der Waals surface area contributed by atoms with Crippen LogP contribution in [-0.2, 0) is 19.4 Å². The van der Waals surface area contributed by atoms with Crippen molar-refractivity contribution in [2.75, 3.05) is 18.1 Å². The molecule has 1 aromatic rings. The first kappa shape index (κ1) is 14.8. The quantitative estimate of drug-likeness (QED) is 0.795. The van der Waals surface area contributed by atoms with Crippen molar-refractivity contribution in [1.29, 1.82) is 0 Å². The number of ether oxygens (including phenoxy) is 2. The van der Waals surface area contributed by atoms with Gasteiger partial charge in [0.05, 0.1) is 18.1 Å². The number of para-hydroxylation sites is 1. The van der Waals surface area contributed by atoms with E-state index in [0.717, 1.165) is 0 Å². The molecular formula is C13H16O6S. The largest absolute Gasteiger partial charge is 0.488 e. The van der Waals surface area contributed by atoms with Gasteiger partial charge in [-0.3, -0.25) is 0 Å². The highest BCUT2D eigenvalue weighted by Gasteiger charge is 2.36. The van der Waals surface area contributed by atoms with Crippen molar-refractivity contribution in [3.05, 3.63) is 29.8 Å². The molecule has 2 rings (SSSR count). The predicted molar refractivity (Wildman–Crippen MR) is 71.1 cm³/mol. The van der Waals surface area contributed by atoms with Crippen LogP contribution in [0.25, 0.3) is 0 Å². The number of aliphatic hydroxyl groups is 1. The molecule has 1 aromatic carbocycles. The molecule has 1 fully saturated rings. The Labute approximate surface area is 117 Å². The normalized spacial score (nSPS) is 18.9. The lowest BCUT2D eigenvalue weighted by Crippen LogP contribution is -2.45. The zero-order chi connectivity index (χ0) is 14.8. The van der Waals surface area contributed by atoms with E-state index in [1.807, 2.05) is 0 Å². The van der Waals surface area contributed by atoms with E-state index in [0.29, 0.717) is 5.75 Å². The molecule has 0 bridgehead atoms. The van der Waals surface area contributed by atoms with E-state index in [1.54, 1.807) is 31.2 Å². The van der Waals surface area contributed by atoms with Crippen molar-refractivity contribution in [2.24, 2.45) is 0 Å². The third-order valence-corrected chi connectivity index (χ3v) is 4.66. The van der Waals surface area contributed by atoms with Crippen LogP contribution in [0.5, 0.6) is 5.75 Å². The summed E-state index contributed by atoms with van der Waals surface area (Å²) in [5.41, 5.74) is 0.273. The van der Waals surface area contributed by atoms with Crippen molar-refractivity contribution < 1.29 is 27.8 Å². The third-order valence-electron chi connectivity index (χ3n) is 2.90. The minimum absolute atomic E-state index is 0.0448. The first-order chi connectivity index (χ1) is 9.43. The van der Waals surface area contributed by atoms with E-state index in [2.05, 4.69) is 0 Å². The Hall–Kier alpha value is -1.60. The van der Waals surface area contributed by atoms with Gasteiger partial charge in [-0.2, -0.15) is 0 Å². The second kappa shape index (κ2) is 5.80. The molecule has 0 radical (unpaired) electrons. The summed E-state index contributed by atoms with van der Waals surface area (Å²) < 4.78 is 32.5. The summed E-state index contributed by atoms with van der Waals surface area (Å²) in [4.78, 5) is 11.5. The maximum Gasteiger partial charge on any atom is 0.339 e. The number of aliphatic hydroxyl groups excluding tert-OH is 1. The molecular weight excluding hydrogens is 284 g/mol. The summed E-state index contributed by atoms with van der Waals surface area (Å²) in [6.07, 6.45) is -1.88. The zero-order valence-electron chi connectivity index (χ0n) is 11.0. The molecule has 0 saturated carbocycles. The summed E-state index contributed by atoms with van der Waals surface area (Å²) in [5.74, 6) is -0.550. The van der Waals surface area contributed by atoms with Crippen LogP contribution < -0.4 is 4.74 Å². The number of rotatable bonds is 5. The predicted octanol–water partition coefficient (Wildman–Crippen LogP) is 0.459. The maximum atomic E-state index is 11.5. The summed E-state index contributed by atoms with van der Waals surface area (Å²) in [5, 5.41) is 9.93. The van der Waals surface area contributed by atoms with Gasteiger partial charge in [0.1, 0.15) is 11.9 Å². The van der Waals surface area contributed by atoms with Crippen LogP contribution in [0.1, 0.15) is 18.6 Å². The molecule has 6 nitrogen and oxygen atoms in total. The number of esters is 1. The Kier molecular flexibility index (Phi) is 4.29. The van der Waals surface area contributed by atoms with Crippen LogP contribution in [0.3, 0.4) is 0 Å². The van der Waals surface area contributed by atoms with Gasteiger partial charge in [0.15, 0.2) is 15.9 Å². The van der Waals surface area contributed by atoms with Crippen LogP contribution in [-0.4, -0.2) is 43.7 Å². The lowest BCUT2D eigenvalue weighted by atomic mass is 10.1. The molecule has 0 amide bonds. The SMILES string of the molecule is CCOC(=O)C(O)c1ccccc1OC1CS(=O)(=O)C1. The van der Waals surface area contributed by atoms with Gasteiger partial charge in [0, 0.05) is 5.56 Å². The number of carbonyl (C=O) groups excluding carboxylic acids is 1. The highest BCUT2D eigenvalue weighted by molar-refractivity contribution is 7.92. The van der Waals surface area contributed by atoms with Crippen molar-refractivity contribution >= 4 is 15.8 Å². The number of sulfone groups is 1. The van der Waals surface area contributed by atoms with Crippen LogP contribution in [0, 0.1) is 0 Å². The molecule has 1 atom stereocenters. The Balaban J connectivity index is 2.12. The summed E-state index contributed by atoms with van der Waals surface area (Å²) in [7, 11) is -2.99. The van der Waals surface area contributed by atoms with Crippen LogP contribution in [0.4, 0.5) is 0 Å². The van der Waals surface area contributed by atoms with E-state index in [9.17, 15) is 18.3 Å². The Bertz CT molecular complexity index is 583. The van der Waals surface area contributed by atoms with Crippen molar-refractivity contribution in [3.8, 4) is 5.75 Å². The fourth-order valence-corrected chi connectivity index (χ4v) is 3.10. The molecule has 0 spiro atoms. The molecule has 1 aliphatic rings. The van der Waals surface area contributed by atoms with Gasteiger partial charge in [-0.05, 0) is 13.0 Å². The standard InChI is InChI=1S/C13H16O6S/c1-2-18-13(15)12(14)10-5-3-4-6-11(10)19-9-7-20(16,17)8-9/h3-6,9,12,14H,2,7-8H2,1H3. The molecule has 1 saturated heterocycles. The number of hydrogen-bond donors (Lipinski definition) is 1. The van der Waals surface area contributed by atoms with Gasteiger partial charge in [-0.25, -0.2) is 13.2 Å². The molecule has 7 heteroatoms. The fourth-order valence-electron chi connectivity index (χ4n) is 1.93. The molecule has 1 unspecified atom stereocenters. The highest BCUT2D eigenvalue weighted by atomic mass is 32.2. The van der Waals surface area contributed by atoms with Crippen LogP contribution in [0.2, 0.25) is 0 Å². The fraction of sp³-hybridized carbons (Fsp3) is 0.462. The monoisotopic (exact) mass is 300 g/mol. The molecule has 20 heavy (non-hydrogen) atoms. The summed E-state index contributed by atoms with van der Waals surface area (Å²) >= 11 is 0. The Morgan fingerprint density at radius 1 is 1.40 bits per heavy atom. The van der Waals surface area contributed by atoms with Crippen molar-refractivity contribution in [3.63, 3.8) is 0 Å². The Morgan fingerprint density at radius 2 is 2.05 bits per heavy atom. The lowest BCUT2D eigenvalue weighted by Gasteiger charge is -2.28. The minimum Gasteiger partial charge on any atom is -0.488 e. The molecule has 1 N–H and O–H groups in total. The third kappa shape index (κ3) is 3.29. The molecule has 0 aliphatic carbocycles. The molecule has 0 aromatic heterocycles. The average Bonchev–Trinajstić information content (AvgIpc) is 2.36. The molecule has 1 heterocycles. The smallest absolute Gasteiger partial charge is 0.339 e.